The van der Waals surface area contributed by atoms with Crippen LogP contribution >= 0.6 is 0 Å². The van der Waals surface area contributed by atoms with E-state index in [0.717, 1.165) is 45.3 Å². The predicted molar refractivity (Wildman–Crippen MR) is 76.3 cm³/mol. The Kier molecular flexibility index (Phi) is 4.68. The van der Waals surface area contributed by atoms with E-state index in [2.05, 4.69) is 0 Å². The molecule has 0 saturated carbocycles. The normalized spacial score (nSPS) is 24.1. The van der Waals surface area contributed by atoms with Crippen LogP contribution in [0.3, 0.4) is 0 Å². The minimum Gasteiger partial charge on any atom is -0.459 e. The third-order valence-electron chi connectivity index (χ3n) is 3.84. The van der Waals surface area contributed by atoms with Gasteiger partial charge < -0.3 is 9.64 Å². The quantitative estimate of drug-likeness (QED) is 0.735. The molecule has 114 valence electrons. The van der Waals surface area contributed by atoms with E-state index in [9.17, 15) is 9.59 Å². The van der Waals surface area contributed by atoms with Crippen molar-refractivity contribution in [3.63, 3.8) is 0 Å². The first-order chi connectivity index (χ1) is 9.37. The summed E-state index contributed by atoms with van der Waals surface area (Å²) in [5.74, 6) is -0.0396. The molecule has 2 fully saturated rings. The summed E-state index contributed by atoms with van der Waals surface area (Å²) in [4.78, 5) is 28.3. The van der Waals surface area contributed by atoms with Gasteiger partial charge in [0.05, 0.1) is 6.54 Å². The number of nitrogens with zero attached hydrogens (tertiary/aromatic N) is 2. The Labute approximate surface area is 121 Å². The second-order valence-corrected chi connectivity index (χ2v) is 6.75. The molecule has 2 heterocycles. The van der Waals surface area contributed by atoms with Gasteiger partial charge in [0.15, 0.2) is 0 Å². The van der Waals surface area contributed by atoms with E-state index in [0.29, 0.717) is 6.54 Å². The molecule has 2 aliphatic rings. The van der Waals surface area contributed by atoms with Crippen molar-refractivity contribution in [3.05, 3.63) is 0 Å². The average Bonchev–Trinajstić information content (AvgIpc) is 2.96. The molecule has 0 aliphatic carbocycles. The van der Waals surface area contributed by atoms with Crippen LogP contribution in [0.2, 0.25) is 0 Å². The van der Waals surface area contributed by atoms with Gasteiger partial charge in [-0.15, -0.1) is 0 Å². The Bertz CT molecular complexity index is 370. The molecule has 2 rings (SSSR count). The summed E-state index contributed by atoms with van der Waals surface area (Å²) in [7, 11) is 0. The highest BCUT2D eigenvalue weighted by Gasteiger charge is 2.35. The number of rotatable bonds is 3. The predicted octanol–water partition coefficient (Wildman–Crippen LogP) is 1.41. The van der Waals surface area contributed by atoms with Gasteiger partial charge in [0.2, 0.25) is 5.91 Å². The number of amides is 1. The first-order valence-electron chi connectivity index (χ1n) is 7.61. The lowest BCUT2D eigenvalue weighted by atomic mass is 10.1. The minimum atomic E-state index is -0.468. The highest BCUT2D eigenvalue weighted by atomic mass is 16.6. The number of esters is 1. The van der Waals surface area contributed by atoms with Crippen LogP contribution < -0.4 is 0 Å². The van der Waals surface area contributed by atoms with E-state index in [4.69, 9.17) is 4.74 Å². The van der Waals surface area contributed by atoms with Gasteiger partial charge in [-0.25, -0.2) is 0 Å². The molecule has 0 bridgehead atoms. The van der Waals surface area contributed by atoms with Crippen molar-refractivity contribution < 1.29 is 14.3 Å². The average molecular weight is 282 g/mol. The lowest BCUT2D eigenvalue weighted by Crippen LogP contribution is -2.45. The maximum Gasteiger partial charge on any atom is 0.323 e. The molecule has 0 aromatic heterocycles. The van der Waals surface area contributed by atoms with Crippen LogP contribution in [0, 0.1) is 0 Å². The molecule has 20 heavy (non-hydrogen) atoms. The number of carbonyl (C=O) groups excluding carboxylic acids is 2. The third kappa shape index (κ3) is 3.95. The van der Waals surface area contributed by atoms with E-state index in [1.54, 1.807) is 0 Å². The largest absolute Gasteiger partial charge is 0.459 e. The fourth-order valence-corrected chi connectivity index (χ4v) is 2.89. The number of hydrogen-bond donors (Lipinski definition) is 0. The van der Waals surface area contributed by atoms with Crippen molar-refractivity contribution in [2.24, 2.45) is 0 Å². The van der Waals surface area contributed by atoms with E-state index in [1.165, 1.54) is 0 Å². The Morgan fingerprint density at radius 2 is 1.75 bits per heavy atom. The van der Waals surface area contributed by atoms with Gasteiger partial charge in [-0.1, -0.05) is 0 Å². The van der Waals surface area contributed by atoms with Crippen LogP contribution in [0.4, 0.5) is 0 Å². The zero-order chi connectivity index (χ0) is 14.8. The molecule has 0 radical (unpaired) electrons. The Hall–Kier alpha value is -1.10. The lowest BCUT2D eigenvalue weighted by molar-refractivity contribution is -0.160. The zero-order valence-corrected chi connectivity index (χ0v) is 12.9. The molecular weight excluding hydrogens is 256 g/mol. The van der Waals surface area contributed by atoms with Crippen molar-refractivity contribution in [1.29, 1.82) is 0 Å². The highest BCUT2D eigenvalue weighted by molar-refractivity contribution is 5.81. The summed E-state index contributed by atoms with van der Waals surface area (Å²) in [5, 5.41) is 0. The van der Waals surface area contributed by atoms with Crippen LogP contribution in [0.1, 0.15) is 46.5 Å². The van der Waals surface area contributed by atoms with Gasteiger partial charge in [-0.05, 0) is 53.0 Å². The van der Waals surface area contributed by atoms with Crippen LogP contribution in [0.5, 0.6) is 0 Å². The Morgan fingerprint density at radius 1 is 1.10 bits per heavy atom. The van der Waals surface area contributed by atoms with E-state index >= 15 is 0 Å². The van der Waals surface area contributed by atoms with E-state index < -0.39 is 5.60 Å². The molecule has 0 N–H and O–H groups in total. The van der Waals surface area contributed by atoms with Gasteiger partial charge in [0.25, 0.3) is 0 Å². The fraction of sp³-hybridized carbons (Fsp3) is 0.867. The third-order valence-corrected chi connectivity index (χ3v) is 3.84. The van der Waals surface area contributed by atoms with Crippen LogP contribution in [0.15, 0.2) is 0 Å². The summed E-state index contributed by atoms with van der Waals surface area (Å²) < 4.78 is 5.45. The smallest absolute Gasteiger partial charge is 0.323 e. The van der Waals surface area contributed by atoms with Gasteiger partial charge in [-0.3, -0.25) is 14.5 Å². The number of ether oxygens (including phenoxy) is 1. The molecule has 5 heteroatoms. The Balaban J connectivity index is 1.90. The highest BCUT2D eigenvalue weighted by Crippen LogP contribution is 2.21. The molecule has 2 aliphatic heterocycles. The zero-order valence-electron chi connectivity index (χ0n) is 12.9. The lowest BCUT2D eigenvalue weighted by Gasteiger charge is -2.28. The fourth-order valence-electron chi connectivity index (χ4n) is 2.89. The molecule has 0 aromatic rings. The Morgan fingerprint density at radius 3 is 2.35 bits per heavy atom. The summed E-state index contributed by atoms with van der Waals surface area (Å²) in [5.41, 5.74) is -0.468. The summed E-state index contributed by atoms with van der Waals surface area (Å²) >= 11 is 0. The second kappa shape index (κ2) is 6.12. The standard InChI is InChI=1S/C15H26N2O3/c1-15(2,3)20-14(19)12-7-6-10-17(12)11-13(18)16-8-4-5-9-16/h12H,4-11H2,1-3H3/t12-/m0/s1. The summed E-state index contributed by atoms with van der Waals surface area (Å²) in [6.07, 6.45) is 3.95. The van der Waals surface area contributed by atoms with Crippen molar-refractivity contribution >= 4 is 11.9 Å². The second-order valence-electron chi connectivity index (χ2n) is 6.75. The first kappa shape index (κ1) is 15.3. The molecule has 0 aromatic carbocycles. The van der Waals surface area contributed by atoms with Crippen LogP contribution in [-0.4, -0.2) is 59.5 Å². The number of carbonyl (C=O) groups is 2. The van der Waals surface area contributed by atoms with Crippen molar-refractivity contribution in [1.82, 2.24) is 9.80 Å². The first-order valence-corrected chi connectivity index (χ1v) is 7.61. The number of likely N-dealkylation sites (tertiary alicyclic amines) is 2. The molecular formula is C15H26N2O3. The molecule has 0 spiro atoms. The van der Waals surface area contributed by atoms with Gasteiger partial charge >= 0.3 is 5.97 Å². The van der Waals surface area contributed by atoms with Crippen molar-refractivity contribution in [2.45, 2.75) is 58.1 Å². The van der Waals surface area contributed by atoms with Crippen molar-refractivity contribution in [3.8, 4) is 0 Å². The maximum atomic E-state index is 12.2. The molecule has 5 nitrogen and oxygen atoms in total. The molecule has 2 saturated heterocycles. The van der Waals surface area contributed by atoms with Crippen LogP contribution in [-0.2, 0) is 14.3 Å². The summed E-state index contributed by atoms with van der Waals surface area (Å²) in [6.45, 7) is 8.51. The molecule has 1 amide bonds. The van der Waals surface area contributed by atoms with E-state index in [-0.39, 0.29) is 17.9 Å². The molecule has 1 atom stereocenters. The topological polar surface area (TPSA) is 49.9 Å². The minimum absolute atomic E-state index is 0.151. The van der Waals surface area contributed by atoms with Gasteiger partial charge in [-0.2, -0.15) is 0 Å². The monoisotopic (exact) mass is 282 g/mol. The number of hydrogen-bond acceptors (Lipinski definition) is 4. The van der Waals surface area contributed by atoms with E-state index in [1.807, 2.05) is 30.6 Å². The van der Waals surface area contributed by atoms with Gasteiger partial charge in [0.1, 0.15) is 11.6 Å². The maximum absolute atomic E-state index is 12.2. The summed E-state index contributed by atoms with van der Waals surface area (Å²) in [6, 6.07) is -0.249. The van der Waals surface area contributed by atoms with Crippen LogP contribution in [0.25, 0.3) is 0 Å². The SMILES string of the molecule is CC(C)(C)OC(=O)[C@@H]1CCCN1CC(=O)N1CCCC1. The molecule has 0 unspecified atom stereocenters. The van der Waals surface area contributed by atoms with Crippen molar-refractivity contribution in [2.75, 3.05) is 26.2 Å². The van der Waals surface area contributed by atoms with Gasteiger partial charge in [0, 0.05) is 13.1 Å².